The van der Waals surface area contributed by atoms with Crippen molar-refractivity contribution in [2.24, 2.45) is 23.2 Å². The average molecular weight is 377 g/mol. The zero-order chi connectivity index (χ0) is 19.9. The van der Waals surface area contributed by atoms with Crippen LogP contribution in [-0.2, 0) is 9.53 Å². The Bertz CT molecular complexity index is 518. The second-order valence-electron chi connectivity index (χ2n) is 9.24. The van der Waals surface area contributed by atoms with Gasteiger partial charge in [-0.15, -0.1) is 0 Å². The number of hydrogen-bond donors (Lipinski definition) is 1. The molecule has 0 amide bonds. The zero-order valence-electron chi connectivity index (χ0n) is 17.7. The quantitative estimate of drug-likeness (QED) is 0.280. The highest BCUT2D eigenvalue weighted by molar-refractivity contribution is 5.69. The van der Waals surface area contributed by atoms with Crippen molar-refractivity contribution in [3.63, 3.8) is 0 Å². The van der Waals surface area contributed by atoms with Crippen molar-refractivity contribution in [2.45, 2.75) is 90.6 Å². The van der Waals surface area contributed by atoms with Crippen LogP contribution in [0, 0.1) is 23.2 Å². The van der Waals surface area contributed by atoms with Gasteiger partial charge in [-0.2, -0.15) is 0 Å². The molecule has 3 heteroatoms. The molecule has 1 unspecified atom stereocenters. The summed E-state index contributed by atoms with van der Waals surface area (Å²) < 4.78 is 4.67. The van der Waals surface area contributed by atoms with Crippen LogP contribution in [0.2, 0.25) is 0 Å². The molecule has 3 nitrogen and oxygen atoms in total. The molecule has 4 atom stereocenters. The number of hydrogen-bond acceptors (Lipinski definition) is 3. The highest BCUT2D eigenvalue weighted by Gasteiger charge is 2.39. The molecule has 0 radical (unpaired) electrons. The first-order valence-electron chi connectivity index (χ1n) is 10.9. The van der Waals surface area contributed by atoms with E-state index >= 15 is 0 Å². The van der Waals surface area contributed by atoms with Crippen LogP contribution in [-0.4, -0.2) is 24.3 Å². The number of unbranched alkanes of at least 4 members (excludes halogenated alkanes) is 1. The van der Waals surface area contributed by atoms with Gasteiger partial charge in [0.25, 0.3) is 0 Å². The smallest absolute Gasteiger partial charge is 0.305 e. The summed E-state index contributed by atoms with van der Waals surface area (Å²) in [5.74, 6) is 1.85. The topological polar surface area (TPSA) is 46.5 Å². The van der Waals surface area contributed by atoms with Crippen molar-refractivity contribution in [3.05, 3.63) is 24.3 Å². The van der Waals surface area contributed by atoms with Crippen molar-refractivity contribution in [2.75, 3.05) is 7.11 Å². The van der Waals surface area contributed by atoms with Gasteiger partial charge in [0, 0.05) is 6.42 Å². The summed E-state index contributed by atoms with van der Waals surface area (Å²) in [6.45, 7) is 8.95. The number of carbonyl (C=O) groups is 1. The molecule has 2 rings (SSSR count). The molecule has 0 aromatic rings. The number of allylic oxidation sites excluding steroid dienone is 3. The van der Waals surface area contributed by atoms with E-state index in [-0.39, 0.29) is 17.5 Å². The second-order valence-corrected chi connectivity index (χ2v) is 9.24. The van der Waals surface area contributed by atoms with Gasteiger partial charge in [-0.3, -0.25) is 4.79 Å². The van der Waals surface area contributed by atoms with E-state index in [1.807, 2.05) is 0 Å². The van der Waals surface area contributed by atoms with Crippen LogP contribution in [0.1, 0.15) is 84.5 Å². The number of rotatable bonds is 11. The minimum atomic E-state index is -0.126. The summed E-state index contributed by atoms with van der Waals surface area (Å²) in [5.41, 5.74) is 1.59. The van der Waals surface area contributed by atoms with E-state index in [4.69, 9.17) is 0 Å². The van der Waals surface area contributed by atoms with Crippen LogP contribution < -0.4 is 0 Å². The number of aliphatic hydroxyl groups is 1. The Morgan fingerprint density at radius 1 is 1.37 bits per heavy atom. The Hall–Kier alpha value is -1.09. The van der Waals surface area contributed by atoms with E-state index in [2.05, 4.69) is 37.3 Å². The molecule has 0 bridgehead atoms. The van der Waals surface area contributed by atoms with Gasteiger partial charge >= 0.3 is 5.97 Å². The lowest BCUT2D eigenvalue weighted by Gasteiger charge is -2.42. The monoisotopic (exact) mass is 376 g/mol. The molecule has 27 heavy (non-hydrogen) atoms. The van der Waals surface area contributed by atoms with Crippen LogP contribution >= 0.6 is 0 Å². The number of aliphatic hydroxyl groups excluding tert-OH is 1. The summed E-state index contributed by atoms with van der Waals surface area (Å²) in [6.07, 6.45) is 15.8. The number of carbonyl (C=O) groups excluding carboxylic acids is 1. The van der Waals surface area contributed by atoms with Gasteiger partial charge in [0.15, 0.2) is 0 Å². The van der Waals surface area contributed by atoms with Gasteiger partial charge in [-0.1, -0.05) is 51.0 Å². The fourth-order valence-electron chi connectivity index (χ4n) is 5.03. The van der Waals surface area contributed by atoms with Gasteiger partial charge in [-0.05, 0) is 74.5 Å². The van der Waals surface area contributed by atoms with Gasteiger partial charge in [-0.25, -0.2) is 0 Å². The number of ether oxygens (including phenoxy) is 1. The average Bonchev–Trinajstić information content (AvgIpc) is 2.88. The predicted molar refractivity (Wildman–Crippen MR) is 111 cm³/mol. The van der Waals surface area contributed by atoms with Crippen molar-refractivity contribution in [3.8, 4) is 0 Å². The Labute approximate surface area is 166 Å². The fraction of sp³-hybridized carbons (Fsp3) is 0.792. The standard InChI is InChI=1S/C24H40O3/c1-18-17-19(2)21(12-9-13-22(25)24(3)15-10-16-24)20(18)11-7-5-6-8-14-23(26)27-4/h5,7,19-22,25H,1,6,8-17H2,2-4H3/b7-5-/t19-,20+,21+,22?/m1/s1. The van der Waals surface area contributed by atoms with E-state index in [9.17, 15) is 9.90 Å². The van der Waals surface area contributed by atoms with Crippen LogP contribution in [0.4, 0.5) is 0 Å². The van der Waals surface area contributed by atoms with E-state index in [0.717, 1.165) is 38.5 Å². The molecule has 2 aliphatic rings. The number of methoxy groups -OCH3 is 1. The molecule has 0 spiro atoms. The third kappa shape index (κ3) is 6.20. The second kappa shape index (κ2) is 10.5. The van der Waals surface area contributed by atoms with Gasteiger partial charge < -0.3 is 9.84 Å². The maximum Gasteiger partial charge on any atom is 0.305 e. The molecule has 0 aliphatic heterocycles. The lowest BCUT2D eigenvalue weighted by Crippen LogP contribution is -2.38. The van der Waals surface area contributed by atoms with Crippen molar-refractivity contribution in [1.82, 2.24) is 0 Å². The summed E-state index contributed by atoms with van der Waals surface area (Å²) in [4.78, 5) is 11.1. The lowest BCUT2D eigenvalue weighted by molar-refractivity contribution is -0.140. The third-order valence-electron chi connectivity index (χ3n) is 7.21. The van der Waals surface area contributed by atoms with E-state index in [1.165, 1.54) is 38.4 Å². The predicted octanol–water partition coefficient (Wildman–Crippen LogP) is 5.83. The molecule has 154 valence electrons. The first kappa shape index (κ1) is 22.2. The molecule has 2 saturated carbocycles. The summed E-state index contributed by atoms with van der Waals surface area (Å²) in [5, 5.41) is 10.5. The van der Waals surface area contributed by atoms with Gasteiger partial charge in [0.1, 0.15) is 0 Å². The molecular weight excluding hydrogens is 336 g/mol. The third-order valence-corrected chi connectivity index (χ3v) is 7.21. The Balaban J connectivity index is 1.73. The van der Waals surface area contributed by atoms with Crippen molar-refractivity contribution >= 4 is 5.97 Å². The molecule has 2 fully saturated rings. The Morgan fingerprint density at radius 3 is 2.74 bits per heavy atom. The van der Waals surface area contributed by atoms with E-state index in [0.29, 0.717) is 24.2 Å². The molecule has 1 N–H and O–H groups in total. The minimum absolute atomic E-state index is 0.126. The maximum absolute atomic E-state index is 11.1. The first-order chi connectivity index (χ1) is 12.9. The van der Waals surface area contributed by atoms with Crippen LogP contribution in [0.15, 0.2) is 24.3 Å². The first-order valence-corrected chi connectivity index (χ1v) is 10.9. The summed E-state index contributed by atoms with van der Waals surface area (Å²) in [7, 11) is 1.44. The van der Waals surface area contributed by atoms with Gasteiger partial charge in [0.05, 0.1) is 13.2 Å². The van der Waals surface area contributed by atoms with Crippen LogP contribution in [0.5, 0.6) is 0 Å². The minimum Gasteiger partial charge on any atom is -0.469 e. The van der Waals surface area contributed by atoms with Crippen LogP contribution in [0.25, 0.3) is 0 Å². The largest absolute Gasteiger partial charge is 0.469 e. The maximum atomic E-state index is 11.1. The SMILES string of the molecule is C=C1C[C@@H](C)[C@H](CCCC(O)C2(C)CCC2)[C@H]1C/C=C\CCCC(=O)OC. The normalized spacial score (nSPS) is 28.3. The van der Waals surface area contributed by atoms with Crippen LogP contribution in [0.3, 0.4) is 0 Å². The van der Waals surface area contributed by atoms with Crippen molar-refractivity contribution < 1.29 is 14.6 Å². The summed E-state index contributed by atoms with van der Waals surface area (Å²) >= 11 is 0. The zero-order valence-corrected chi connectivity index (χ0v) is 17.7. The fourth-order valence-corrected chi connectivity index (χ4v) is 5.03. The molecular formula is C24H40O3. The van der Waals surface area contributed by atoms with E-state index < -0.39 is 0 Å². The number of esters is 1. The summed E-state index contributed by atoms with van der Waals surface area (Å²) in [6, 6.07) is 0. The Morgan fingerprint density at radius 2 is 2.11 bits per heavy atom. The lowest BCUT2D eigenvalue weighted by atomic mass is 9.65. The Kier molecular flexibility index (Phi) is 8.60. The molecule has 0 aromatic heterocycles. The highest BCUT2D eigenvalue weighted by atomic mass is 16.5. The van der Waals surface area contributed by atoms with Gasteiger partial charge in [0.2, 0.25) is 0 Å². The van der Waals surface area contributed by atoms with E-state index in [1.54, 1.807) is 0 Å². The molecule has 0 aromatic carbocycles. The molecule has 0 heterocycles. The highest BCUT2D eigenvalue weighted by Crippen LogP contribution is 2.47. The molecule has 2 aliphatic carbocycles. The molecule has 0 saturated heterocycles. The van der Waals surface area contributed by atoms with Crippen molar-refractivity contribution in [1.29, 1.82) is 0 Å².